The van der Waals surface area contributed by atoms with Crippen LogP contribution in [0.3, 0.4) is 0 Å². The molecule has 0 aliphatic carbocycles. The average Bonchev–Trinajstić information content (AvgIpc) is 3.62. The van der Waals surface area contributed by atoms with Crippen LogP contribution >= 0.6 is 11.6 Å². The van der Waals surface area contributed by atoms with Gasteiger partial charge in [-0.05, 0) is 55.5 Å². The number of hydrogen-bond donors (Lipinski definition) is 2. The molecule has 1 aliphatic rings. The van der Waals surface area contributed by atoms with Gasteiger partial charge in [-0.2, -0.15) is 19.9 Å². The quantitative estimate of drug-likeness (QED) is 0.347. The summed E-state index contributed by atoms with van der Waals surface area (Å²) in [5, 5.41) is 12.3. The van der Waals surface area contributed by atoms with Crippen LogP contribution in [0.15, 0.2) is 65.6 Å². The lowest BCUT2D eigenvalue weighted by Gasteiger charge is -2.16. The molecule has 11 nitrogen and oxygen atoms in total. The summed E-state index contributed by atoms with van der Waals surface area (Å²) >= 11 is 6.00. The van der Waals surface area contributed by atoms with E-state index in [0.717, 1.165) is 0 Å². The number of halogens is 2. The van der Waals surface area contributed by atoms with Gasteiger partial charge in [0.15, 0.2) is 5.65 Å². The zero-order valence-corrected chi connectivity index (χ0v) is 21.2. The standard InChI is InChI=1S/C26H20ClFN8O3/c1-14-10-21(30-24(38)15-11-22(37)34(13-15)18-8-4-17(28)5-9-18)36(33-14)26-31-23-20(25(39)32-26)12-29-35(23)19-6-2-16(27)3-7-19/h2-10,12,15H,11,13H2,1H3,(H,30,38)(H,31,32,39). The number of H-pyrrole nitrogens is 1. The van der Waals surface area contributed by atoms with Crippen molar-refractivity contribution in [2.45, 2.75) is 13.3 Å². The van der Waals surface area contributed by atoms with Gasteiger partial charge in [-0.25, -0.2) is 9.07 Å². The van der Waals surface area contributed by atoms with E-state index in [9.17, 15) is 18.8 Å². The van der Waals surface area contributed by atoms with Crippen molar-refractivity contribution in [3.05, 3.63) is 87.7 Å². The van der Waals surface area contributed by atoms with Gasteiger partial charge in [-0.3, -0.25) is 19.4 Å². The Hall–Kier alpha value is -4.84. The highest BCUT2D eigenvalue weighted by Gasteiger charge is 2.35. The van der Waals surface area contributed by atoms with Crippen LogP contribution in [-0.4, -0.2) is 47.9 Å². The summed E-state index contributed by atoms with van der Waals surface area (Å²) < 4.78 is 16.1. The number of amides is 2. The van der Waals surface area contributed by atoms with E-state index in [0.29, 0.717) is 22.1 Å². The van der Waals surface area contributed by atoms with Crippen molar-refractivity contribution >= 4 is 46.0 Å². The Morgan fingerprint density at radius 2 is 1.79 bits per heavy atom. The van der Waals surface area contributed by atoms with Gasteiger partial charge >= 0.3 is 0 Å². The third-order valence-corrected chi connectivity index (χ3v) is 6.67. The highest BCUT2D eigenvalue weighted by molar-refractivity contribution is 6.30. The number of carbonyl (C=O) groups excluding carboxylic acids is 2. The average molecular weight is 547 g/mol. The molecule has 1 aliphatic heterocycles. The van der Waals surface area contributed by atoms with Gasteiger partial charge in [-0.1, -0.05) is 11.6 Å². The fraction of sp³-hybridized carbons (Fsp3) is 0.154. The van der Waals surface area contributed by atoms with Crippen LogP contribution in [-0.2, 0) is 9.59 Å². The molecule has 13 heteroatoms. The molecule has 2 amide bonds. The number of anilines is 2. The van der Waals surface area contributed by atoms with E-state index < -0.39 is 23.2 Å². The molecule has 196 valence electrons. The Morgan fingerprint density at radius 1 is 1.08 bits per heavy atom. The molecule has 4 heterocycles. The van der Waals surface area contributed by atoms with Crippen LogP contribution in [0.25, 0.3) is 22.7 Å². The Labute approximate surface area is 224 Å². The lowest BCUT2D eigenvalue weighted by atomic mass is 10.1. The highest BCUT2D eigenvalue weighted by atomic mass is 35.5. The topological polar surface area (TPSA) is 131 Å². The van der Waals surface area contributed by atoms with Crippen molar-refractivity contribution in [2.75, 3.05) is 16.8 Å². The van der Waals surface area contributed by atoms with Gasteiger partial charge < -0.3 is 10.2 Å². The Kier molecular flexibility index (Phi) is 5.95. The van der Waals surface area contributed by atoms with Crippen LogP contribution in [0.2, 0.25) is 5.02 Å². The van der Waals surface area contributed by atoms with Crippen molar-refractivity contribution in [1.82, 2.24) is 29.5 Å². The fourth-order valence-electron chi connectivity index (χ4n) is 4.51. The molecule has 0 bridgehead atoms. The van der Waals surface area contributed by atoms with Crippen LogP contribution in [0.5, 0.6) is 0 Å². The molecule has 0 radical (unpaired) electrons. The molecule has 1 atom stereocenters. The van der Waals surface area contributed by atoms with Gasteiger partial charge in [0.05, 0.1) is 23.5 Å². The summed E-state index contributed by atoms with van der Waals surface area (Å²) in [4.78, 5) is 47.4. The lowest BCUT2D eigenvalue weighted by Crippen LogP contribution is -2.28. The summed E-state index contributed by atoms with van der Waals surface area (Å²) in [6.45, 7) is 1.88. The van der Waals surface area contributed by atoms with Gasteiger partial charge in [0.25, 0.3) is 5.56 Å². The summed E-state index contributed by atoms with van der Waals surface area (Å²) in [6.07, 6.45) is 1.41. The maximum Gasteiger partial charge on any atom is 0.263 e. The number of hydrogen-bond acceptors (Lipinski definition) is 6. The fourth-order valence-corrected chi connectivity index (χ4v) is 4.64. The molecular formula is C26H20ClFN8O3. The second-order valence-electron chi connectivity index (χ2n) is 9.11. The molecule has 5 aromatic rings. The first kappa shape index (κ1) is 24.5. The minimum absolute atomic E-state index is 0.00233. The third-order valence-electron chi connectivity index (χ3n) is 6.41. The number of fused-ring (bicyclic) bond motifs is 1. The summed E-state index contributed by atoms with van der Waals surface area (Å²) in [5.41, 5.74) is 1.59. The van der Waals surface area contributed by atoms with E-state index in [1.807, 2.05) is 0 Å². The van der Waals surface area contributed by atoms with Gasteiger partial charge in [0.1, 0.15) is 17.0 Å². The summed E-state index contributed by atoms with van der Waals surface area (Å²) in [7, 11) is 0. The van der Waals surface area contributed by atoms with Crippen molar-refractivity contribution in [2.24, 2.45) is 5.92 Å². The van der Waals surface area contributed by atoms with Gasteiger partial charge in [0.2, 0.25) is 17.8 Å². The first-order valence-corrected chi connectivity index (χ1v) is 12.3. The maximum atomic E-state index is 13.3. The van der Waals surface area contributed by atoms with E-state index in [2.05, 4.69) is 25.5 Å². The van der Waals surface area contributed by atoms with E-state index in [-0.39, 0.29) is 41.7 Å². The van der Waals surface area contributed by atoms with Crippen molar-refractivity contribution < 1.29 is 14.0 Å². The maximum absolute atomic E-state index is 13.3. The van der Waals surface area contributed by atoms with Crippen molar-refractivity contribution in [1.29, 1.82) is 0 Å². The summed E-state index contributed by atoms with van der Waals surface area (Å²) in [5.74, 6) is -1.36. The number of nitrogens with one attached hydrogen (secondary N) is 2. The van der Waals surface area contributed by atoms with Gasteiger partial charge in [-0.15, -0.1) is 0 Å². The summed E-state index contributed by atoms with van der Waals surface area (Å²) in [6, 6.07) is 14.1. The molecule has 1 saturated heterocycles. The second-order valence-corrected chi connectivity index (χ2v) is 9.55. The molecule has 2 aromatic carbocycles. The molecular weight excluding hydrogens is 527 g/mol. The molecule has 0 spiro atoms. The van der Waals surface area contributed by atoms with Crippen LogP contribution in [0.1, 0.15) is 12.1 Å². The highest BCUT2D eigenvalue weighted by Crippen LogP contribution is 2.27. The predicted octanol–water partition coefficient (Wildman–Crippen LogP) is 3.39. The van der Waals surface area contributed by atoms with E-state index in [4.69, 9.17) is 11.6 Å². The zero-order valence-electron chi connectivity index (χ0n) is 20.4. The number of rotatable bonds is 5. The van der Waals surface area contributed by atoms with Crippen LogP contribution in [0.4, 0.5) is 15.9 Å². The molecule has 0 saturated carbocycles. The van der Waals surface area contributed by atoms with E-state index in [1.54, 1.807) is 37.3 Å². The minimum atomic E-state index is -0.646. The Balaban J connectivity index is 1.30. The monoisotopic (exact) mass is 546 g/mol. The third kappa shape index (κ3) is 4.55. The number of benzene rings is 2. The number of aromatic nitrogens is 6. The van der Waals surface area contributed by atoms with Crippen LogP contribution < -0.4 is 15.8 Å². The first-order chi connectivity index (χ1) is 18.8. The SMILES string of the molecule is Cc1cc(NC(=O)C2CC(=O)N(c3ccc(F)cc3)C2)n(-c2nc3c(cnn3-c3ccc(Cl)cc3)c(=O)[nH]2)n1. The lowest BCUT2D eigenvalue weighted by molar-refractivity contribution is -0.122. The first-order valence-electron chi connectivity index (χ1n) is 11.9. The Bertz CT molecular complexity index is 1790. The van der Waals surface area contributed by atoms with Crippen molar-refractivity contribution in [3.8, 4) is 11.6 Å². The number of aryl methyl sites for hydroxylation is 1. The molecule has 6 rings (SSSR count). The molecule has 1 unspecified atom stereocenters. The molecule has 2 N–H and O–H groups in total. The van der Waals surface area contributed by atoms with E-state index in [1.165, 1.54) is 44.7 Å². The Morgan fingerprint density at radius 3 is 2.54 bits per heavy atom. The van der Waals surface area contributed by atoms with Crippen LogP contribution in [0, 0.1) is 18.7 Å². The number of nitrogens with zero attached hydrogens (tertiary/aromatic N) is 6. The minimum Gasteiger partial charge on any atom is -0.312 e. The number of carbonyl (C=O) groups is 2. The zero-order chi connectivity index (χ0) is 27.3. The largest absolute Gasteiger partial charge is 0.312 e. The molecule has 1 fully saturated rings. The van der Waals surface area contributed by atoms with Gasteiger partial charge in [0, 0.05) is 29.7 Å². The normalized spacial score (nSPS) is 15.3. The van der Waals surface area contributed by atoms with Crippen molar-refractivity contribution in [3.63, 3.8) is 0 Å². The molecule has 3 aromatic heterocycles. The predicted molar refractivity (Wildman–Crippen MR) is 142 cm³/mol. The van der Waals surface area contributed by atoms with E-state index >= 15 is 0 Å². The smallest absolute Gasteiger partial charge is 0.263 e. The second kappa shape index (κ2) is 9.48. The molecule has 39 heavy (non-hydrogen) atoms. The number of aromatic amines is 1.